The van der Waals surface area contributed by atoms with Crippen LogP contribution in [0.1, 0.15) is 27.7 Å². The summed E-state index contributed by atoms with van der Waals surface area (Å²) in [6.45, 7) is 5.15. The number of hydrogen-bond donors (Lipinski definition) is 1. The van der Waals surface area contributed by atoms with Crippen LogP contribution in [0, 0.1) is 6.92 Å². The van der Waals surface area contributed by atoms with Gasteiger partial charge >= 0.3 is 0 Å². The van der Waals surface area contributed by atoms with Crippen molar-refractivity contribution in [3.63, 3.8) is 0 Å². The van der Waals surface area contributed by atoms with Crippen molar-refractivity contribution in [2.75, 3.05) is 0 Å². The van der Waals surface area contributed by atoms with Gasteiger partial charge in [-0.25, -0.2) is 4.98 Å². The van der Waals surface area contributed by atoms with Crippen LogP contribution in [-0.2, 0) is 6.54 Å². The second-order valence-corrected chi connectivity index (χ2v) is 7.48. The van der Waals surface area contributed by atoms with E-state index in [1.165, 1.54) is 20.2 Å². The van der Waals surface area contributed by atoms with Crippen LogP contribution in [0.5, 0.6) is 0 Å². The first-order chi connectivity index (χ1) is 10.2. The van der Waals surface area contributed by atoms with E-state index in [9.17, 15) is 0 Å². The number of nitrogens with zero attached hydrogens (tertiary/aromatic N) is 1. The molecule has 4 heteroatoms. The van der Waals surface area contributed by atoms with Gasteiger partial charge in [-0.3, -0.25) is 0 Å². The molecule has 1 unspecified atom stereocenters. The van der Waals surface area contributed by atoms with Crippen molar-refractivity contribution in [2.24, 2.45) is 0 Å². The summed E-state index contributed by atoms with van der Waals surface area (Å²) in [7, 11) is 0. The average Bonchev–Trinajstić information content (AvgIpc) is 3.15. The molecule has 3 aromatic rings. The van der Waals surface area contributed by atoms with Crippen molar-refractivity contribution in [3.8, 4) is 10.4 Å². The second kappa shape index (κ2) is 6.52. The zero-order chi connectivity index (χ0) is 14.7. The number of thiophene rings is 1. The van der Waals surface area contributed by atoms with Crippen LogP contribution in [0.3, 0.4) is 0 Å². The van der Waals surface area contributed by atoms with E-state index in [1.807, 2.05) is 17.5 Å². The Hall–Kier alpha value is -1.49. The lowest BCUT2D eigenvalue weighted by atomic mass is 10.2. The van der Waals surface area contributed by atoms with E-state index in [-0.39, 0.29) is 0 Å². The van der Waals surface area contributed by atoms with E-state index in [0.717, 1.165) is 11.6 Å². The van der Waals surface area contributed by atoms with Crippen LogP contribution < -0.4 is 5.32 Å². The largest absolute Gasteiger partial charge is 0.303 e. The molecule has 2 aromatic heterocycles. The summed E-state index contributed by atoms with van der Waals surface area (Å²) in [6, 6.07) is 15.2. The zero-order valence-corrected chi connectivity index (χ0v) is 13.8. The van der Waals surface area contributed by atoms with Gasteiger partial charge in [0, 0.05) is 27.4 Å². The van der Waals surface area contributed by atoms with Gasteiger partial charge in [0.05, 0.1) is 6.04 Å². The Morgan fingerprint density at radius 1 is 1.10 bits per heavy atom. The molecular formula is C17H18N2S2. The standard InChI is InChI=1S/C17H18N2S2/c1-12-10-19-17(20-12)13(2)18-11-15-8-9-16(21-15)14-6-4-3-5-7-14/h3-10,13,18H,11H2,1-2H3. The molecule has 3 rings (SSSR count). The highest BCUT2D eigenvalue weighted by molar-refractivity contribution is 7.15. The maximum absolute atomic E-state index is 4.44. The molecular weight excluding hydrogens is 296 g/mol. The third-order valence-electron chi connectivity index (χ3n) is 3.31. The number of rotatable bonds is 5. The van der Waals surface area contributed by atoms with Crippen LogP contribution >= 0.6 is 22.7 Å². The van der Waals surface area contributed by atoms with E-state index >= 15 is 0 Å². The summed E-state index contributed by atoms with van der Waals surface area (Å²) in [4.78, 5) is 8.38. The maximum atomic E-state index is 4.44. The molecule has 0 aliphatic rings. The Balaban J connectivity index is 1.63. The maximum Gasteiger partial charge on any atom is 0.109 e. The topological polar surface area (TPSA) is 24.9 Å². The molecule has 0 saturated carbocycles. The van der Waals surface area contributed by atoms with Gasteiger partial charge in [0.15, 0.2) is 0 Å². The fraction of sp³-hybridized carbons (Fsp3) is 0.235. The highest BCUT2D eigenvalue weighted by atomic mass is 32.1. The Labute approximate surface area is 133 Å². The molecule has 0 aliphatic carbocycles. The Bertz CT molecular complexity index is 700. The number of thiazole rings is 1. The lowest BCUT2D eigenvalue weighted by molar-refractivity contribution is 0.576. The Morgan fingerprint density at radius 2 is 1.90 bits per heavy atom. The van der Waals surface area contributed by atoms with E-state index in [1.54, 1.807) is 11.3 Å². The predicted molar refractivity (Wildman–Crippen MR) is 91.9 cm³/mol. The smallest absolute Gasteiger partial charge is 0.109 e. The first-order valence-corrected chi connectivity index (χ1v) is 8.65. The first-order valence-electron chi connectivity index (χ1n) is 7.02. The number of nitrogens with one attached hydrogen (secondary N) is 1. The SMILES string of the molecule is Cc1cnc(C(C)NCc2ccc(-c3ccccc3)s2)s1. The van der Waals surface area contributed by atoms with E-state index in [4.69, 9.17) is 0 Å². The first kappa shape index (κ1) is 14.4. The van der Waals surface area contributed by atoms with Crippen LogP contribution in [0.15, 0.2) is 48.7 Å². The predicted octanol–water partition coefficient (Wildman–Crippen LogP) is 5.03. The summed E-state index contributed by atoms with van der Waals surface area (Å²) >= 11 is 3.61. The monoisotopic (exact) mass is 314 g/mol. The molecule has 0 fully saturated rings. The molecule has 108 valence electrons. The molecule has 1 aromatic carbocycles. The zero-order valence-electron chi connectivity index (χ0n) is 12.2. The lowest BCUT2D eigenvalue weighted by Crippen LogP contribution is -2.17. The van der Waals surface area contributed by atoms with E-state index in [0.29, 0.717) is 6.04 Å². The third kappa shape index (κ3) is 3.59. The minimum Gasteiger partial charge on any atom is -0.303 e. The average molecular weight is 314 g/mol. The normalized spacial score (nSPS) is 12.5. The summed E-state index contributed by atoms with van der Waals surface area (Å²) in [5.74, 6) is 0. The van der Waals surface area contributed by atoms with Crippen LogP contribution in [0.4, 0.5) is 0 Å². The van der Waals surface area contributed by atoms with Gasteiger partial charge in [-0.2, -0.15) is 0 Å². The molecule has 0 amide bonds. The molecule has 1 atom stereocenters. The van der Waals surface area contributed by atoms with Crippen molar-refractivity contribution >= 4 is 22.7 Å². The van der Waals surface area contributed by atoms with Crippen molar-refractivity contribution in [2.45, 2.75) is 26.4 Å². The van der Waals surface area contributed by atoms with Gasteiger partial charge in [0.1, 0.15) is 5.01 Å². The van der Waals surface area contributed by atoms with Gasteiger partial charge in [0.25, 0.3) is 0 Å². The third-order valence-corrected chi connectivity index (χ3v) is 5.54. The number of aromatic nitrogens is 1. The molecule has 0 bridgehead atoms. The van der Waals surface area contributed by atoms with Crippen molar-refractivity contribution in [1.82, 2.24) is 10.3 Å². The van der Waals surface area contributed by atoms with Crippen molar-refractivity contribution in [1.29, 1.82) is 0 Å². The van der Waals surface area contributed by atoms with Crippen molar-refractivity contribution < 1.29 is 0 Å². The van der Waals surface area contributed by atoms with Gasteiger partial charge < -0.3 is 5.32 Å². The van der Waals surface area contributed by atoms with Crippen LogP contribution in [-0.4, -0.2) is 4.98 Å². The number of aryl methyl sites for hydroxylation is 1. The highest BCUT2D eigenvalue weighted by Crippen LogP contribution is 2.28. The molecule has 21 heavy (non-hydrogen) atoms. The minimum absolute atomic E-state index is 0.297. The Kier molecular flexibility index (Phi) is 4.48. The lowest BCUT2D eigenvalue weighted by Gasteiger charge is -2.09. The van der Waals surface area contributed by atoms with Crippen LogP contribution in [0.25, 0.3) is 10.4 Å². The molecule has 1 N–H and O–H groups in total. The molecule has 0 spiro atoms. The molecule has 0 aliphatic heterocycles. The molecule has 0 radical (unpaired) electrons. The van der Waals surface area contributed by atoms with Crippen LogP contribution in [0.2, 0.25) is 0 Å². The van der Waals surface area contributed by atoms with Gasteiger partial charge in [-0.1, -0.05) is 30.3 Å². The fourth-order valence-electron chi connectivity index (χ4n) is 2.14. The number of hydrogen-bond acceptors (Lipinski definition) is 4. The molecule has 0 saturated heterocycles. The van der Waals surface area contributed by atoms with Gasteiger partial charge in [-0.15, -0.1) is 22.7 Å². The quantitative estimate of drug-likeness (QED) is 0.714. The van der Waals surface area contributed by atoms with Gasteiger partial charge in [-0.05, 0) is 31.5 Å². The number of benzene rings is 1. The molecule has 2 heterocycles. The summed E-state index contributed by atoms with van der Waals surface area (Å²) in [5, 5.41) is 4.71. The second-order valence-electron chi connectivity index (χ2n) is 5.04. The van der Waals surface area contributed by atoms with Crippen molar-refractivity contribution in [3.05, 3.63) is 63.4 Å². The summed E-state index contributed by atoms with van der Waals surface area (Å²) in [5.41, 5.74) is 1.29. The Morgan fingerprint density at radius 3 is 2.62 bits per heavy atom. The summed E-state index contributed by atoms with van der Waals surface area (Å²) in [6.07, 6.45) is 1.94. The van der Waals surface area contributed by atoms with E-state index in [2.05, 4.69) is 66.6 Å². The summed E-state index contributed by atoms with van der Waals surface area (Å²) < 4.78 is 0. The van der Waals surface area contributed by atoms with Gasteiger partial charge in [0.2, 0.25) is 0 Å². The molecule has 2 nitrogen and oxygen atoms in total. The fourth-order valence-corrected chi connectivity index (χ4v) is 3.91. The van der Waals surface area contributed by atoms with E-state index < -0.39 is 0 Å². The highest BCUT2D eigenvalue weighted by Gasteiger charge is 2.09. The minimum atomic E-state index is 0.297.